The summed E-state index contributed by atoms with van der Waals surface area (Å²) >= 11 is 5.73. The molecule has 1 rings (SSSR count). The fraction of sp³-hybridized carbons (Fsp3) is 0.667. The summed E-state index contributed by atoms with van der Waals surface area (Å²) in [6, 6.07) is -0.174. The van der Waals surface area contributed by atoms with E-state index in [0.29, 0.717) is 11.6 Å². The molecular formula is C9H14ClNO3. The van der Waals surface area contributed by atoms with Crippen molar-refractivity contribution in [2.75, 3.05) is 13.2 Å². The third kappa shape index (κ3) is 2.39. The Balaban J connectivity index is 2.51. The molecule has 0 aromatic heterocycles. The van der Waals surface area contributed by atoms with Crippen LogP contribution in [0.5, 0.6) is 0 Å². The van der Waals surface area contributed by atoms with Gasteiger partial charge in [0.15, 0.2) is 0 Å². The van der Waals surface area contributed by atoms with E-state index in [9.17, 15) is 9.90 Å². The highest BCUT2D eigenvalue weighted by atomic mass is 35.5. The van der Waals surface area contributed by atoms with Gasteiger partial charge in [-0.05, 0) is 13.8 Å². The van der Waals surface area contributed by atoms with Crippen LogP contribution in [0, 0.1) is 0 Å². The molecular weight excluding hydrogens is 206 g/mol. The number of rotatable bonds is 3. The van der Waals surface area contributed by atoms with Crippen molar-refractivity contribution in [3.8, 4) is 0 Å². The van der Waals surface area contributed by atoms with Gasteiger partial charge in [-0.3, -0.25) is 4.79 Å². The second kappa shape index (κ2) is 4.66. The normalized spacial score (nSPS) is 26.3. The SMILES string of the molecule is CCOC(=O)CN1C=C(Cl)C(O)C1C. The van der Waals surface area contributed by atoms with Crippen LogP contribution >= 0.6 is 11.6 Å². The van der Waals surface area contributed by atoms with Gasteiger partial charge in [0.2, 0.25) is 0 Å². The maximum absolute atomic E-state index is 11.1. The predicted octanol–water partition coefficient (Wildman–Crippen LogP) is 0.695. The third-order valence-electron chi connectivity index (χ3n) is 2.17. The van der Waals surface area contributed by atoms with Gasteiger partial charge in [-0.2, -0.15) is 0 Å². The van der Waals surface area contributed by atoms with E-state index >= 15 is 0 Å². The summed E-state index contributed by atoms with van der Waals surface area (Å²) in [5.74, 6) is -0.311. The first-order valence-electron chi connectivity index (χ1n) is 4.53. The average molecular weight is 220 g/mol. The lowest BCUT2D eigenvalue weighted by molar-refractivity contribution is -0.144. The number of esters is 1. The lowest BCUT2D eigenvalue weighted by atomic mass is 10.2. The first-order valence-corrected chi connectivity index (χ1v) is 4.90. The number of ether oxygens (including phenoxy) is 1. The maximum atomic E-state index is 11.1. The molecule has 0 amide bonds. The van der Waals surface area contributed by atoms with Crippen LogP contribution in [-0.2, 0) is 9.53 Å². The molecule has 1 aliphatic rings. The molecule has 2 unspecified atom stereocenters. The maximum Gasteiger partial charge on any atom is 0.325 e. The van der Waals surface area contributed by atoms with Crippen LogP contribution in [0.15, 0.2) is 11.2 Å². The molecule has 0 fully saturated rings. The number of nitrogens with zero attached hydrogens (tertiary/aromatic N) is 1. The topological polar surface area (TPSA) is 49.8 Å². The van der Waals surface area contributed by atoms with Crippen molar-refractivity contribution in [3.05, 3.63) is 11.2 Å². The Kier molecular flexibility index (Phi) is 3.77. The van der Waals surface area contributed by atoms with Crippen LogP contribution in [0.2, 0.25) is 0 Å². The molecule has 0 radical (unpaired) electrons. The van der Waals surface area contributed by atoms with E-state index in [0.717, 1.165) is 0 Å². The van der Waals surface area contributed by atoms with Gasteiger partial charge < -0.3 is 14.7 Å². The highest BCUT2D eigenvalue weighted by Gasteiger charge is 2.30. The molecule has 1 heterocycles. The minimum Gasteiger partial charge on any atom is -0.465 e. The van der Waals surface area contributed by atoms with Crippen molar-refractivity contribution in [1.29, 1.82) is 0 Å². The van der Waals surface area contributed by atoms with Gasteiger partial charge in [-0.15, -0.1) is 0 Å². The van der Waals surface area contributed by atoms with E-state index in [4.69, 9.17) is 16.3 Å². The minimum absolute atomic E-state index is 0.127. The second-order valence-electron chi connectivity index (χ2n) is 3.18. The fourth-order valence-corrected chi connectivity index (χ4v) is 1.62. The van der Waals surface area contributed by atoms with Gasteiger partial charge in [0.1, 0.15) is 12.6 Å². The lowest BCUT2D eigenvalue weighted by Crippen LogP contribution is -2.36. The molecule has 80 valence electrons. The van der Waals surface area contributed by atoms with Crippen molar-refractivity contribution in [2.45, 2.75) is 26.0 Å². The van der Waals surface area contributed by atoms with Crippen molar-refractivity contribution < 1.29 is 14.6 Å². The Morgan fingerprint density at radius 2 is 2.43 bits per heavy atom. The van der Waals surface area contributed by atoms with Crippen molar-refractivity contribution in [2.24, 2.45) is 0 Å². The molecule has 14 heavy (non-hydrogen) atoms. The number of carbonyl (C=O) groups excluding carboxylic acids is 1. The Hall–Kier alpha value is -0.740. The molecule has 4 nitrogen and oxygen atoms in total. The van der Waals surface area contributed by atoms with Gasteiger partial charge in [-0.25, -0.2) is 0 Å². The Morgan fingerprint density at radius 1 is 1.79 bits per heavy atom. The highest BCUT2D eigenvalue weighted by molar-refractivity contribution is 6.30. The summed E-state index contributed by atoms with van der Waals surface area (Å²) in [6.07, 6.45) is 0.874. The summed E-state index contributed by atoms with van der Waals surface area (Å²) < 4.78 is 4.79. The van der Waals surface area contributed by atoms with Gasteiger partial charge in [-0.1, -0.05) is 11.6 Å². The zero-order chi connectivity index (χ0) is 10.7. The van der Waals surface area contributed by atoms with E-state index in [1.54, 1.807) is 24.9 Å². The van der Waals surface area contributed by atoms with E-state index in [1.165, 1.54) is 0 Å². The molecule has 1 N–H and O–H groups in total. The molecule has 2 atom stereocenters. The first kappa shape index (κ1) is 11.3. The fourth-order valence-electron chi connectivity index (χ4n) is 1.31. The third-order valence-corrected chi connectivity index (χ3v) is 2.49. The molecule has 0 aliphatic carbocycles. The average Bonchev–Trinajstić information content (AvgIpc) is 2.34. The standard InChI is InChI=1S/C9H14ClNO3/c1-3-14-8(12)5-11-4-7(10)9(13)6(11)2/h4,6,9,13H,3,5H2,1-2H3. The molecule has 0 saturated heterocycles. The molecule has 0 aromatic rings. The minimum atomic E-state index is -0.703. The summed E-state index contributed by atoms with van der Waals surface area (Å²) in [4.78, 5) is 12.8. The molecule has 0 aromatic carbocycles. The van der Waals surface area contributed by atoms with Gasteiger partial charge in [0.05, 0.1) is 17.7 Å². The zero-order valence-electron chi connectivity index (χ0n) is 8.24. The molecule has 0 bridgehead atoms. The highest BCUT2D eigenvalue weighted by Crippen LogP contribution is 2.24. The van der Waals surface area contributed by atoms with E-state index in [2.05, 4.69) is 0 Å². The number of halogens is 1. The number of hydrogen-bond donors (Lipinski definition) is 1. The number of carbonyl (C=O) groups is 1. The smallest absolute Gasteiger partial charge is 0.325 e. The van der Waals surface area contributed by atoms with Crippen LogP contribution in [0.25, 0.3) is 0 Å². The van der Waals surface area contributed by atoms with Crippen LogP contribution in [0.3, 0.4) is 0 Å². The first-order chi connectivity index (χ1) is 6.56. The molecule has 0 saturated carbocycles. The van der Waals surface area contributed by atoms with Crippen LogP contribution in [0.4, 0.5) is 0 Å². The van der Waals surface area contributed by atoms with Crippen molar-refractivity contribution in [1.82, 2.24) is 4.90 Å². The zero-order valence-corrected chi connectivity index (χ0v) is 8.99. The van der Waals surface area contributed by atoms with Crippen LogP contribution in [0.1, 0.15) is 13.8 Å². The molecule has 1 aliphatic heterocycles. The van der Waals surface area contributed by atoms with Crippen molar-refractivity contribution in [3.63, 3.8) is 0 Å². The quantitative estimate of drug-likeness (QED) is 0.710. The Labute approximate surface area is 88.1 Å². The van der Waals surface area contributed by atoms with Crippen LogP contribution in [-0.4, -0.2) is 41.3 Å². The monoisotopic (exact) mass is 219 g/mol. The number of hydrogen-bond acceptors (Lipinski definition) is 4. The van der Waals surface area contributed by atoms with Gasteiger partial charge in [0.25, 0.3) is 0 Å². The summed E-state index contributed by atoms with van der Waals surface area (Å²) in [7, 11) is 0. The molecule has 5 heteroatoms. The van der Waals surface area contributed by atoms with Crippen LogP contribution < -0.4 is 0 Å². The van der Waals surface area contributed by atoms with E-state index in [1.807, 2.05) is 0 Å². The molecule has 0 spiro atoms. The van der Waals surface area contributed by atoms with E-state index < -0.39 is 6.10 Å². The predicted molar refractivity (Wildman–Crippen MR) is 52.7 cm³/mol. The summed E-state index contributed by atoms with van der Waals surface area (Å²) in [5, 5.41) is 9.85. The lowest BCUT2D eigenvalue weighted by Gasteiger charge is -2.22. The summed E-state index contributed by atoms with van der Waals surface area (Å²) in [5.41, 5.74) is 0. The van der Waals surface area contributed by atoms with Gasteiger partial charge in [0, 0.05) is 6.20 Å². The van der Waals surface area contributed by atoms with Crippen molar-refractivity contribution >= 4 is 17.6 Å². The number of aliphatic hydroxyl groups is 1. The summed E-state index contributed by atoms with van der Waals surface area (Å²) in [6.45, 7) is 4.04. The second-order valence-corrected chi connectivity index (χ2v) is 3.61. The Morgan fingerprint density at radius 3 is 2.86 bits per heavy atom. The van der Waals surface area contributed by atoms with Gasteiger partial charge >= 0.3 is 5.97 Å². The Bertz CT molecular complexity index is 254. The van der Waals surface area contributed by atoms with E-state index in [-0.39, 0.29) is 18.6 Å². The number of aliphatic hydroxyl groups excluding tert-OH is 1. The largest absolute Gasteiger partial charge is 0.465 e.